The van der Waals surface area contributed by atoms with Crippen LogP contribution in [0.25, 0.3) is 37.6 Å². The summed E-state index contributed by atoms with van der Waals surface area (Å²) in [5, 5.41) is 3.96. The Morgan fingerprint density at radius 1 is 0.667 bits per heavy atom. The summed E-state index contributed by atoms with van der Waals surface area (Å²) >= 11 is 1.90. The summed E-state index contributed by atoms with van der Waals surface area (Å²) in [5.41, 5.74) is 16.8. The smallest absolute Gasteiger partial charge is 0.273 e. The number of benzene rings is 5. The number of thiophene rings is 1. The Hall–Kier alpha value is -4.48. The first kappa shape index (κ1) is 29.1. The molecule has 0 fully saturated rings. The summed E-state index contributed by atoms with van der Waals surface area (Å²) in [6.45, 7) is 11.9. The summed E-state index contributed by atoms with van der Waals surface area (Å²) in [5.74, 6) is 3.89. The van der Waals surface area contributed by atoms with Crippen LogP contribution in [-0.4, -0.2) is 11.3 Å². The molecule has 5 aromatic carbocycles. The highest BCUT2D eigenvalue weighted by Crippen LogP contribution is 2.52. The van der Waals surface area contributed by atoms with Gasteiger partial charge in [0, 0.05) is 43.2 Å². The van der Waals surface area contributed by atoms with Crippen LogP contribution in [0.5, 0.6) is 23.0 Å². The monoisotopic (exact) mass is 681 g/mol. The van der Waals surface area contributed by atoms with E-state index < -0.39 is 0 Å². The fourth-order valence-electron chi connectivity index (χ4n) is 11.3. The van der Waals surface area contributed by atoms with Gasteiger partial charge in [0.1, 0.15) is 23.0 Å². The van der Waals surface area contributed by atoms with Gasteiger partial charge in [0.25, 0.3) is 6.71 Å². The average molecular weight is 682 g/mol. The number of nitrogens with zero attached hydrogens (tertiary/aromatic N) is 1. The molecule has 0 saturated heterocycles. The first-order chi connectivity index (χ1) is 24.6. The lowest BCUT2D eigenvalue weighted by atomic mass is 9.37. The number of hydrogen-bond donors (Lipinski definition) is 0. The molecule has 51 heavy (non-hydrogen) atoms. The zero-order chi connectivity index (χ0) is 34.1. The van der Waals surface area contributed by atoms with Crippen molar-refractivity contribution in [3.05, 3.63) is 106 Å². The van der Waals surface area contributed by atoms with E-state index in [4.69, 9.17) is 9.47 Å². The van der Waals surface area contributed by atoms with Crippen molar-refractivity contribution in [2.45, 2.75) is 90.4 Å². The molecule has 0 spiro atoms. The van der Waals surface area contributed by atoms with E-state index in [9.17, 15) is 0 Å². The molecule has 250 valence electrons. The van der Waals surface area contributed by atoms with Gasteiger partial charge in [-0.3, -0.25) is 0 Å². The Morgan fingerprint density at radius 2 is 1.29 bits per heavy atom. The number of ether oxygens (including phenoxy) is 2. The molecule has 5 heteroatoms. The molecule has 3 aliphatic carbocycles. The van der Waals surface area contributed by atoms with Crippen LogP contribution in [0.15, 0.2) is 66.7 Å². The molecule has 0 saturated carbocycles. The minimum absolute atomic E-state index is 0.0608. The third kappa shape index (κ3) is 3.71. The molecule has 0 unspecified atom stereocenters. The summed E-state index contributed by atoms with van der Waals surface area (Å²) in [4.78, 5) is 0. The van der Waals surface area contributed by atoms with Gasteiger partial charge in [-0.05, 0) is 125 Å². The summed E-state index contributed by atoms with van der Waals surface area (Å²) < 4.78 is 19.5. The Kier molecular flexibility index (Phi) is 5.42. The first-order valence-electron chi connectivity index (χ1n) is 19.0. The van der Waals surface area contributed by atoms with Crippen LogP contribution in [0.3, 0.4) is 0 Å². The number of fused-ring (bicyclic) bond motifs is 14. The molecule has 4 heterocycles. The van der Waals surface area contributed by atoms with E-state index in [0.717, 1.165) is 60.8 Å². The number of aryl methyl sites for hydroxylation is 5. The van der Waals surface area contributed by atoms with Crippen molar-refractivity contribution < 1.29 is 9.47 Å². The first-order valence-corrected chi connectivity index (χ1v) is 19.8. The van der Waals surface area contributed by atoms with Gasteiger partial charge in [-0.1, -0.05) is 64.1 Å². The Bertz CT molecular complexity index is 2690. The average Bonchev–Trinajstić information content (AvgIpc) is 3.91. The second-order valence-electron chi connectivity index (χ2n) is 17.4. The van der Waals surface area contributed by atoms with E-state index in [2.05, 4.69) is 106 Å². The van der Waals surface area contributed by atoms with Crippen LogP contribution in [0.4, 0.5) is 0 Å². The van der Waals surface area contributed by atoms with Crippen LogP contribution in [0.2, 0.25) is 0 Å². The SMILES string of the molecule is Cc1ccc2c3c(sc2c1)B1c2cc4c(cc2Oc2cc(-n5c6c7c(ccc6c6ccc8c(c65)CCC8)CCC7)cc(c21)O3)C(C)(C)CC4(C)C. The zero-order valence-electron chi connectivity index (χ0n) is 30.0. The van der Waals surface area contributed by atoms with Crippen molar-refractivity contribution in [1.82, 2.24) is 4.57 Å². The molecule has 0 radical (unpaired) electrons. The lowest BCUT2D eigenvalue weighted by molar-refractivity contribution is 0.402. The summed E-state index contributed by atoms with van der Waals surface area (Å²) in [7, 11) is 0. The van der Waals surface area contributed by atoms with Crippen molar-refractivity contribution in [2.75, 3.05) is 0 Å². The fourth-order valence-corrected chi connectivity index (χ4v) is 12.6. The predicted octanol–water partition coefficient (Wildman–Crippen LogP) is 9.97. The van der Waals surface area contributed by atoms with Crippen molar-refractivity contribution in [2.24, 2.45) is 0 Å². The Balaban J connectivity index is 1.18. The third-order valence-electron chi connectivity index (χ3n) is 13.2. The molecule has 0 atom stereocenters. The van der Waals surface area contributed by atoms with Gasteiger partial charge in [0.05, 0.1) is 16.7 Å². The van der Waals surface area contributed by atoms with Gasteiger partial charge in [-0.15, -0.1) is 11.3 Å². The molecule has 2 aromatic heterocycles. The van der Waals surface area contributed by atoms with Crippen LogP contribution in [0, 0.1) is 6.92 Å². The number of rotatable bonds is 1. The molecule has 0 amide bonds. The van der Waals surface area contributed by atoms with Crippen molar-refractivity contribution in [3.63, 3.8) is 0 Å². The van der Waals surface area contributed by atoms with E-state index in [1.54, 1.807) is 0 Å². The predicted molar refractivity (Wildman–Crippen MR) is 213 cm³/mol. The standard InChI is InChI=1S/C46H40BNO2S/c1-24-12-15-32-39(18-24)51-44-43(32)50-38-20-27(19-37-40(38)47(44)35-21-33-34(22-36(35)49-37)46(4,5)23-45(33,2)3)48-41-28-10-6-8-25(28)13-16-30(41)31-17-14-26-9-7-11-29(26)42(31)48/h12-22H,6-11,23H2,1-5H3. The maximum absolute atomic E-state index is 7.18. The van der Waals surface area contributed by atoms with Gasteiger partial charge < -0.3 is 14.0 Å². The van der Waals surface area contributed by atoms with Gasteiger partial charge in [0.15, 0.2) is 0 Å². The molecule has 12 rings (SSSR count). The van der Waals surface area contributed by atoms with Gasteiger partial charge >= 0.3 is 0 Å². The topological polar surface area (TPSA) is 23.4 Å². The minimum atomic E-state index is 0.0608. The molecular formula is C46H40BNO2S. The quantitative estimate of drug-likeness (QED) is 0.161. The van der Waals surface area contributed by atoms with Gasteiger partial charge in [-0.25, -0.2) is 0 Å². The molecule has 3 nitrogen and oxygen atoms in total. The number of hydrogen-bond acceptors (Lipinski definition) is 3. The fraction of sp³-hybridized carbons (Fsp3) is 0.304. The minimum Gasteiger partial charge on any atom is -0.458 e. The van der Waals surface area contributed by atoms with Gasteiger partial charge in [-0.2, -0.15) is 0 Å². The van der Waals surface area contributed by atoms with E-state index >= 15 is 0 Å². The highest BCUT2D eigenvalue weighted by atomic mass is 32.1. The highest BCUT2D eigenvalue weighted by Gasteiger charge is 2.47. The van der Waals surface area contributed by atoms with Crippen molar-refractivity contribution >= 4 is 65.6 Å². The van der Waals surface area contributed by atoms with Crippen LogP contribution >= 0.6 is 11.3 Å². The normalized spacial score (nSPS) is 18.3. The summed E-state index contributed by atoms with van der Waals surface area (Å²) in [6.07, 6.45) is 8.16. The number of aromatic nitrogens is 1. The van der Waals surface area contributed by atoms with E-state index in [1.807, 2.05) is 11.3 Å². The molecule has 5 aliphatic rings. The molecule has 2 aliphatic heterocycles. The third-order valence-corrected chi connectivity index (χ3v) is 14.4. The Morgan fingerprint density at radius 3 is 1.98 bits per heavy atom. The van der Waals surface area contributed by atoms with E-state index in [1.165, 1.54) is 99.4 Å². The van der Waals surface area contributed by atoms with Crippen molar-refractivity contribution in [3.8, 4) is 28.7 Å². The van der Waals surface area contributed by atoms with Crippen molar-refractivity contribution in [1.29, 1.82) is 0 Å². The lowest BCUT2D eigenvalue weighted by Gasteiger charge is -2.33. The highest BCUT2D eigenvalue weighted by molar-refractivity contribution is 7.33. The molecular weight excluding hydrogens is 641 g/mol. The second kappa shape index (κ2) is 9.49. The maximum Gasteiger partial charge on any atom is 0.273 e. The second-order valence-corrected chi connectivity index (χ2v) is 18.5. The van der Waals surface area contributed by atoms with E-state index in [0.29, 0.717) is 0 Å². The van der Waals surface area contributed by atoms with E-state index in [-0.39, 0.29) is 17.5 Å². The molecule has 0 bridgehead atoms. The molecule has 0 N–H and O–H groups in total. The van der Waals surface area contributed by atoms with Gasteiger partial charge in [0.2, 0.25) is 0 Å². The zero-order valence-corrected chi connectivity index (χ0v) is 30.9. The van der Waals surface area contributed by atoms with Crippen LogP contribution in [0.1, 0.15) is 85.9 Å². The molecule has 7 aromatic rings. The van der Waals surface area contributed by atoms with Crippen LogP contribution < -0.4 is 25.2 Å². The van der Waals surface area contributed by atoms with Crippen LogP contribution in [-0.2, 0) is 36.5 Å². The largest absolute Gasteiger partial charge is 0.458 e. The Labute approximate surface area is 303 Å². The summed E-state index contributed by atoms with van der Waals surface area (Å²) in [6, 6.07) is 26.0. The maximum atomic E-state index is 7.18. The lowest BCUT2D eigenvalue weighted by Crippen LogP contribution is -2.56.